The van der Waals surface area contributed by atoms with Crippen molar-refractivity contribution in [3.8, 4) is 5.69 Å². The van der Waals surface area contributed by atoms with Crippen molar-refractivity contribution in [2.24, 2.45) is 5.92 Å². The lowest BCUT2D eigenvalue weighted by atomic mass is 9.99. The quantitative estimate of drug-likeness (QED) is 0.919. The number of carbonyl (C=O) groups is 1. The molecular formula is C19H26N4O. The van der Waals surface area contributed by atoms with Crippen LogP contribution in [0.3, 0.4) is 0 Å². The van der Waals surface area contributed by atoms with Gasteiger partial charge in [-0.25, -0.2) is 4.68 Å². The highest BCUT2D eigenvalue weighted by atomic mass is 16.1. The first kappa shape index (κ1) is 16.7. The zero-order chi connectivity index (χ0) is 16.9. The number of likely N-dealkylation sites (tertiary alicyclic amines) is 1. The van der Waals surface area contributed by atoms with Crippen LogP contribution >= 0.6 is 0 Å². The average molecular weight is 326 g/mol. The van der Waals surface area contributed by atoms with E-state index in [1.165, 1.54) is 12.8 Å². The van der Waals surface area contributed by atoms with Crippen molar-refractivity contribution in [1.29, 1.82) is 0 Å². The standard InChI is InChI=1S/C19H26N4O/c1-15-8-12-22(13-9-15)14-16(2)21-19(24)17-4-6-18(7-5-17)23-11-3-10-20-23/h3-7,10-11,15-16H,8-9,12-14H2,1-2H3,(H,21,24). The molecule has 0 saturated carbocycles. The minimum Gasteiger partial charge on any atom is -0.348 e. The molecule has 3 rings (SSSR count). The molecule has 5 nitrogen and oxygen atoms in total. The number of hydrogen-bond acceptors (Lipinski definition) is 3. The maximum atomic E-state index is 12.4. The van der Waals surface area contributed by atoms with Gasteiger partial charge in [-0.2, -0.15) is 5.10 Å². The molecule has 1 atom stereocenters. The van der Waals surface area contributed by atoms with E-state index in [-0.39, 0.29) is 11.9 Å². The van der Waals surface area contributed by atoms with Crippen molar-refractivity contribution >= 4 is 5.91 Å². The van der Waals surface area contributed by atoms with Gasteiger partial charge in [-0.15, -0.1) is 0 Å². The van der Waals surface area contributed by atoms with E-state index in [1.807, 2.05) is 36.5 Å². The van der Waals surface area contributed by atoms with Gasteiger partial charge in [-0.05, 0) is 69.1 Å². The molecule has 128 valence electrons. The summed E-state index contributed by atoms with van der Waals surface area (Å²) in [4.78, 5) is 14.8. The second-order valence-electron chi connectivity index (χ2n) is 6.86. The zero-order valence-electron chi connectivity index (χ0n) is 14.5. The summed E-state index contributed by atoms with van der Waals surface area (Å²) < 4.78 is 1.78. The van der Waals surface area contributed by atoms with Crippen LogP contribution < -0.4 is 5.32 Å². The van der Waals surface area contributed by atoms with Gasteiger partial charge in [0.2, 0.25) is 0 Å². The third-order valence-electron chi connectivity index (χ3n) is 4.68. The highest BCUT2D eigenvalue weighted by Crippen LogP contribution is 2.16. The lowest BCUT2D eigenvalue weighted by Gasteiger charge is -2.32. The van der Waals surface area contributed by atoms with Crippen LogP contribution in [0.15, 0.2) is 42.7 Å². The van der Waals surface area contributed by atoms with Crippen LogP contribution in [0.4, 0.5) is 0 Å². The fourth-order valence-corrected chi connectivity index (χ4v) is 3.17. The molecule has 0 radical (unpaired) electrons. The number of nitrogens with one attached hydrogen (secondary N) is 1. The van der Waals surface area contributed by atoms with Gasteiger partial charge in [0.1, 0.15) is 0 Å². The molecule has 0 bridgehead atoms. The van der Waals surface area contributed by atoms with E-state index in [2.05, 4.69) is 29.2 Å². The van der Waals surface area contributed by atoms with Crippen LogP contribution in [-0.2, 0) is 0 Å². The molecule has 1 N–H and O–H groups in total. The lowest BCUT2D eigenvalue weighted by Crippen LogP contribution is -2.44. The highest BCUT2D eigenvalue weighted by molar-refractivity contribution is 5.94. The monoisotopic (exact) mass is 326 g/mol. The van der Waals surface area contributed by atoms with E-state index in [4.69, 9.17) is 0 Å². The number of rotatable bonds is 5. The third-order valence-corrected chi connectivity index (χ3v) is 4.68. The van der Waals surface area contributed by atoms with Crippen LogP contribution in [0.2, 0.25) is 0 Å². The topological polar surface area (TPSA) is 50.2 Å². The lowest BCUT2D eigenvalue weighted by molar-refractivity contribution is 0.0921. The molecule has 1 fully saturated rings. The van der Waals surface area contributed by atoms with Crippen LogP contribution in [-0.4, -0.2) is 46.3 Å². The van der Waals surface area contributed by atoms with Crippen LogP contribution in [0.25, 0.3) is 5.69 Å². The van der Waals surface area contributed by atoms with Gasteiger partial charge < -0.3 is 10.2 Å². The summed E-state index contributed by atoms with van der Waals surface area (Å²) in [5, 5.41) is 7.30. The summed E-state index contributed by atoms with van der Waals surface area (Å²) in [6.07, 6.45) is 6.14. The van der Waals surface area contributed by atoms with Gasteiger partial charge in [-0.1, -0.05) is 6.92 Å². The summed E-state index contributed by atoms with van der Waals surface area (Å²) in [6.45, 7) is 7.59. The predicted octanol–water partition coefficient (Wildman–Crippen LogP) is 2.72. The Morgan fingerprint density at radius 2 is 2.00 bits per heavy atom. The van der Waals surface area contributed by atoms with E-state index < -0.39 is 0 Å². The Morgan fingerprint density at radius 1 is 1.29 bits per heavy atom. The largest absolute Gasteiger partial charge is 0.348 e. The molecule has 1 saturated heterocycles. The van der Waals surface area contributed by atoms with Gasteiger partial charge in [-0.3, -0.25) is 4.79 Å². The first-order valence-electron chi connectivity index (χ1n) is 8.75. The Hall–Kier alpha value is -2.14. The summed E-state index contributed by atoms with van der Waals surface area (Å²) in [5.41, 5.74) is 1.64. The highest BCUT2D eigenvalue weighted by Gasteiger charge is 2.18. The molecule has 1 aliphatic heterocycles. The Morgan fingerprint density at radius 3 is 2.62 bits per heavy atom. The van der Waals surface area contributed by atoms with Crippen LogP contribution in [0.1, 0.15) is 37.0 Å². The molecule has 1 aliphatic rings. The van der Waals surface area contributed by atoms with Gasteiger partial charge in [0.15, 0.2) is 0 Å². The van der Waals surface area contributed by atoms with E-state index in [1.54, 1.807) is 10.9 Å². The third kappa shape index (κ3) is 4.23. The van der Waals surface area contributed by atoms with E-state index in [0.717, 1.165) is 31.2 Å². The molecule has 2 heterocycles. The second-order valence-corrected chi connectivity index (χ2v) is 6.86. The van der Waals surface area contributed by atoms with Crippen molar-refractivity contribution < 1.29 is 4.79 Å². The molecule has 1 aromatic heterocycles. The number of aromatic nitrogens is 2. The summed E-state index contributed by atoms with van der Waals surface area (Å²) in [5.74, 6) is 0.819. The van der Waals surface area contributed by atoms with E-state index in [0.29, 0.717) is 5.56 Å². The zero-order valence-corrected chi connectivity index (χ0v) is 14.5. The number of carbonyl (C=O) groups excluding carboxylic acids is 1. The second kappa shape index (κ2) is 7.62. The van der Waals surface area contributed by atoms with Crippen molar-refractivity contribution in [2.75, 3.05) is 19.6 Å². The summed E-state index contributed by atoms with van der Waals surface area (Å²) in [7, 11) is 0. The van der Waals surface area contributed by atoms with Crippen molar-refractivity contribution in [3.63, 3.8) is 0 Å². The number of piperidine rings is 1. The maximum Gasteiger partial charge on any atom is 0.251 e. The van der Waals surface area contributed by atoms with E-state index in [9.17, 15) is 4.79 Å². The molecule has 5 heteroatoms. The molecule has 1 unspecified atom stereocenters. The average Bonchev–Trinajstić information content (AvgIpc) is 3.11. The maximum absolute atomic E-state index is 12.4. The predicted molar refractivity (Wildman–Crippen MR) is 95.3 cm³/mol. The van der Waals surface area contributed by atoms with Crippen LogP contribution in [0.5, 0.6) is 0 Å². The van der Waals surface area contributed by atoms with Gasteiger partial charge in [0, 0.05) is 30.5 Å². The fraction of sp³-hybridized carbons (Fsp3) is 0.474. The van der Waals surface area contributed by atoms with Crippen LogP contribution in [0, 0.1) is 5.92 Å². The van der Waals surface area contributed by atoms with Crippen molar-refractivity contribution in [1.82, 2.24) is 20.0 Å². The van der Waals surface area contributed by atoms with Gasteiger partial charge >= 0.3 is 0 Å². The Bertz CT molecular complexity index is 643. The molecular weight excluding hydrogens is 300 g/mol. The minimum atomic E-state index is -0.0140. The smallest absolute Gasteiger partial charge is 0.251 e. The van der Waals surface area contributed by atoms with Gasteiger partial charge in [0.25, 0.3) is 5.91 Å². The molecule has 1 aromatic carbocycles. The number of nitrogens with zero attached hydrogens (tertiary/aromatic N) is 3. The first-order valence-corrected chi connectivity index (χ1v) is 8.75. The Labute approximate surface area is 143 Å². The molecule has 0 spiro atoms. The van der Waals surface area contributed by atoms with Gasteiger partial charge in [0.05, 0.1) is 5.69 Å². The summed E-state index contributed by atoms with van der Waals surface area (Å²) in [6, 6.07) is 9.56. The summed E-state index contributed by atoms with van der Waals surface area (Å²) >= 11 is 0. The molecule has 24 heavy (non-hydrogen) atoms. The minimum absolute atomic E-state index is 0.0140. The molecule has 1 amide bonds. The normalized spacial score (nSPS) is 17.6. The number of benzene rings is 1. The van der Waals surface area contributed by atoms with Crippen molar-refractivity contribution in [3.05, 3.63) is 48.3 Å². The molecule has 2 aromatic rings. The van der Waals surface area contributed by atoms with Crippen molar-refractivity contribution in [2.45, 2.75) is 32.7 Å². The Kier molecular flexibility index (Phi) is 5.30. The fourth-order valence-electron chi connectivity index (χ4n) is 3.17. The molecule has 0 aliphatic carbocycles. The number of amides is 1. The number of hydrogen-bond donors (Lipinski definition) is 1. The SMILES string of the molecule is CC1CCN(CC(C)NC(=O)c2ccc(-n3cccn3)cc2)CC1. The first-order chi connectivity index (χ1) is 11.6. The Balaban J connectivity index is 1.52. The van der Waals surface area contributed by atoms with E-state index >= 15 is 0 Å².